The molecule has 0 N–H and O–H groups in total. The van der Waals surface area contributed by atoms with Gasteiger partial charge in [0.2, 0.25) is 0 Å². The molecule has 0 saturated heterocycles. The molecular weight excluding hydrogens is 319 g/mol. The van der Waals surface area contributed by atoms with E-state index in [1.165, 1.54) is 0 Å². The molecule has 1 aromatic rings. The summed E-state index contributed by atoms with van der Waals surface area (Å²) < 4.78 is 18.6. The van der Waals surface area contributed by atoms with Gasteiger partial charge in [-0.1, -0.05) is 6.07 Å². The van der Waals surface area contributed by atoms with Crippen LogP contribution in [0.2, 0.25) is 0 Å². The van der Waals surface area contributed by atoms with Gasteiger partial charge in [0, 0.05) is 25.4 Å². The van der Waals surface area contributed by atoms with Crippen LogP contribution in [-0.4, -0.2) is 34.8 Å². The zero-order valence-corrected chi connectivity index (χ0v) is 12.0. The monoisotopic (exact) mass is 330 g/mol. The highest BCUT2D eigenvalue weighted by molar-refractivity contribution is 9.10. The fraction of sp³-hybridized carbons (Fsp3) is 0.333. The predicted molar refractivity (Wildman–Crippen MR) is 75.0 cm³/mol. The lowest BCUT2D eigenvalue weighted by Crippen LogP contribution is -2.25. The van der Waals surface area contributed by atoms with Gasteiger partial charge in [-0.05, 0) is 39.8 Å². The van der Waals surface area contributed by atoms with Crippen LogP contribution in [0.1, 0.15) is 5.56 Å². The van der Waals surface area contributed by atoms with E-state index in [0.29, 0.717) is 24.7 Å². The van der Waals surface area contributed by atoms with Crippen molar-refractivity contribution in [2.75, 3.05) is 19.8 Å². The molecule has 96 valence electrons. The molecule has 1 aromatic heterocycles. The Morgan fingerprint density at radius 1 is 1.50 bits per heavy atom. The summed E-state index contributed by atoms with van der Waals surface area (Å²) in [4.78, 5) is 6.07. The number of hydrogen-bond acceptors (Lipinski definition) is 4. The third-order valence-electron chi connectivity index (χ3n) is 2.57. The minimum absolute atomic E-state index is 0.327. The molecule has 0 fully saturated rings. The van der Waals surface area contributed by atoms with E-state index in [9.17, 15) is 4.39 Å². The first-order valence-electron chi connectivity index (χ1n) is 5.47. The fourth-order valence-electron chi connectivity index (χ4n) is 1.69. The van der Waals surface area contributed by atoms with Gasteiger partial charge in [-0.2, -0.15) is 0 Å². The van der Waals surface area contributed by atoms with Gasteiger partial charge in [0.15, 0.2) is 5.05 Å². The van der Waals surface area contributed by atoms with Crippen LogP contribution in [-0.2, 0) is 11.3 Å². The lowest BCUT2D eigenvalue weighted by molar-refractivity contribution is 0.255. The van der Waals surface area contributed by atoms with Crippen molar-refractivity contribution in [3.05, 3.63) is 40.3 Å². The molecular formula is C12H12BrFN2OS. The first-order valence-corrected chi connectivity index (χ1v) is 6.68. The van der Waals surface area contributed by atoms with Gasteiger partial charge >= 0.3 is 0 Å². The molecule has 2 rings (SSSR count). The third kappa shape index (κ3) is 3.49. The smallest absolute Gasteiger partial charge is 0.186 e. The summed E-state index contributed by atoms with van der Waals surface area (Å²) in [5, 5.41) is 0.461. The predicted octanol–water partition coefficient (Wildman–Crippen LogP) is 2.86. The minimum atomic E-state index is -0.409. The quantitative estimate of drug-likeness (QED) is 0.612. The zero-order valence-electron chi connectivity index (χ0n) is 9.60. The molecule has 0 aromatic carbocycles. The molecule has 1 aliphatic rings. The van der Waals surface area contributed by atoms with Crippen molar-refractivity contribution in [1.29, 1.82) is 0 Å². The molecule has 6 heteroatoms. The maximum absolute atomic E-state index is 12.6. The molecule has 0 bridgehead atoms. The summed E-state index contributed by atoms with van der Waals surface area (Å²) in [5.74, 6) is 0. The van der Waals surface area contributed by atoms with Crippen LogP contribution >= 0.6 is 28.1 Å². The molecule has 1 aliphatic heterocycles. The molecule has 2 heterocycles. The summed E-state index contributed by atoms with van der Waals surface area (Å²) in [7, 11) is 0. The highest BCUT2D eigenvalue weighted by Gasteiger charge is 2.17. The summed E-state index contributed by atoms with van der Waals surface area (Å²) in [6.45, 7) is 0.937. The lowest BCUT2D eigenvalue weighted by atomic mass is 10.2. The summed E-state index contributed by atoms with van der Waals surface area (Å²) >= 11 is 8.23. The van der Waals surface area contributed by atoms with Gasteiger partial charge < -0.3 is 9.64 Å². The number of rotatable bonds is 5. The van der Waals surface area contributed by atoms with Crippen LogP contribution in [0.25, 0.3) is 0 Å². The first-order chi connectivity index (χ1) is 8.69. The molecule has 0 spiro atoms. The Hall–Kier alpha value is -1.01. The Morgan fingerprint density at radius 2 is 2.33 bits per heavy atom. The highest BCUT2D eigenvalue weighted by Crippen LogP contribution is 2.17. The Balaban J connectivity index is 2.08. The standard InChI is InChI=1S/C12H12BrFN2OS/c13-11-2-1-9(6-15-11)7-16(4-3-14)10-5-12(18)17-8-10/h1-2,5-6H,3-4,7-8H2. The van der Waals surface area contributed by atoms with Gasteiger partial charge in [0.05, 0.1) is 5.70 Å². The van der Waals surface area contributed by atoms with Crippen LogP contribution in [0.4, 0.5) is 4.39 Å². The number of alkyl halides is 1. The Morgan fingerprint density at radius 3 is 2.89 bits per heavy atom. The van der Waals surface area contributed by atoms with Gasteiger partial charge in [-0.25, -0.2) is 9.37 Å². The van der Waals surface area contributed by atoms with Crippen molar-refractivity contribution in [1.82, 2.24) is 9.88 Å². The van der Waals surface area contributed by atoms with E-state index >= 15 is 0 Å². The maximum Gasteiger partial charge on any atom is 0.186 e. The molecule has 0 radical (unpaired) electrons. The number of aromatic nitrogens is 1. The van der Waals surface area contributed by atoms with Crippen molar-refractivity contribution in [2.24, 2.45) is 0 Å². The number of nitrogens with zero attached hydrogens (tertiary/aromatic N) is 2. The van der Waals surface area contributed by atoms with E-state index in [4.69, 9.17) is 17.0 Å². The van der Waals surface area contributed by atoms with Crippen molar-refractivity contribution in [3.63, 3.8) is 0 Å². The average molecular weight is 331 g/mol. The molecule has 3 nitrogen and oxygen atoms in total. The van der Waals surface area contributed by atoms with Crippen LogP contribution < -0.4 is 0 Å². The molecule has 0 aliphatic carbocycles. The lowest BCUT2D eigenvalue weighted by Gasteiger charge is -2.23. The molecule has 0 amide bonds. The second-order valence-electron chi connectivity index (χ2n) is 3.84. The number of pyridine rings is 1. The van der Waals surface area contributed by atoms with Crippen LogP contribution in [0.3, 0.4) is 0 Å². The summed E-state index contributed by atoms with van der Waals surface area (Å²) in [6, 6.07) is 3.82. The number of thiocarbonyl (C=S) groups is 1. The van der Waals surface area contributed by atoms with Crippen LogP contribution in [0, 0.1) is 0 Å². The van der Waals surface area contributed by atoms with E-state index in [-0.39, 0.29) is 0 Å². The second kappa shape index (κ2) is 6.24. The normalized spacial score (nSPS) is 14.3. The summed E-state index contributed by atoms with van der Waals surface area (Å²) in [5.41, 5.74) is 1.94. The third-order valence-corrected chi connectivity index (χ3v) is 3.27. The maximum atomic E-state index is 12.6. The zero-order chi connectivity index (χ0) is 13.0. The van der Waals surface area contributed by atoms with Crippen LogP contribution in [0.15, 0.2) is 34.7 Å². The number of halogens is 2. The van der Waals surface area contributed by atoms with Crippen molar-refractivity contribution in [3.8, 4) is 0 Å². The average Bonchev–Trinajstić information content (AvgIpc) is 2.78. The van der Waals surface area contributed by atoms with Crippen molar-refractivity contribution in [2.45, 2.75) is 6.54 Å². The minimum Gasteiger partial charge on any atom is -0.477 e. The first kappa shape index (κ1) is 13.4. The van der Waals surface area contributed by atoms with E-state index in [2.05, 4.69) is 20.9 Å². The highest BCUT2D eigenvalue weighted by atomic mass is 79.9. The van der Waals surface area contributed by atoms with Gasteiger partial charge in [-0.3, -0.25) is 0 Å². The Labute approximate surface area is 119 Å². The van der Waals surface area contributed by atoms with Gasteiger partial charge in [0.1, 0.15) is 17.9 Å². The van der Waals surface area contributed by atoms with Gasteiger partial charge in [0.25, 0.3) is 0 Å². The number of ether oxygens (including phenoxy) is 1. The largest absolute Gasteiger partial charge is 0.477 e. The summed E-state index contributed by atoms with van der Waals surface area (Å²) in [6.07, 6.45) is 3.54. The van der Waals surface area contributed by atoms with E-state index in [0.717, 1.165) is 15.9 Å². The molecule has 0 unspecified atom stereocenters. The fourth-order valence-corrected chi connectivity index (χ4v) is 2.12. The molecule has 0 saturated carbocycles. The van der Waals surface area contributed by atoms with E-state index < -0.39 is 6.67 Å². The Bertz CT molecular complexity index is 464. The van der Waals surface area contributed by atoms with Crippen LogP contribution in [0.5, 0.6) is 0 Å². The van der Waals surface area contributed by atoms with Gasteiger partial charge in [-0.15, -0.1) is 0 Å². The van der Waals surface area contributed by atoms with E-state index in [1.807, 2.05) is 17.0 Å². The molecule has 18 heavy (non-hydrogen) atoms. The molecule has 0 atom stereocenters. The number of hydrogen-bond donors (Lipinski definition) is 0. The SMILES string of the molecule is FCCN(Cc1ccc(Br)nc1)C1=CC(=S)OC1. The Kier molecular flexibility index (Phi) is 4.66. The van der Waals surface area contributed by atoms with Crippen molar-refractivity contribution >= 4 is 33.2 Å². The topological polar surface area (TPSA) is 25.4 Å². The van der Waals surface area contributed by atoms with Crippen molar-refractivity contribution < 1.29 is 9.13 Å². The van der Waals surface area contributed by atoms with E-state index in [1.54, 1.807) is 12.3 Å². The second-order valence-corrected chi connectivity index (χ2v) is 5.06.